The summed E-state index contributed by atoms with van der Waals surface area (Å²) in [4.78, 5) is 4.02. The average molecular weight is 271 g/mol. The normalized spacial score (nSPS) is 13.9. The molecule has 0 aliphatic heterocycles. The SMILES string of the molecule is C[C@H](c1cc(O)cc(O)c1)[C@@H](C)CCc1ccncc1. The highest BCUT2D eigenvalue weighted by Gasteiger charge is 2.15. The second-order valence-corrected chi connectivity index (χ2v) is 5.44. The molecule has 0 spiro atoms. The summed E-state index contributed by atoms with van der Waals surface area (Å²) in [6.07, 6.45) is 5.70. The molecule has 2 rings (SSSR count). The van der Waals surface area contributed by atoms with E-state index in [4.69, 9.17) is 0 Å². The average Bonchev–Trinajstić information content (AvgIpc) is 2.44. The van der Waals surface area contributed by atoms with Crippen molar-refractivity contribution in [3.8, 4) is 11.5 Å². The molecule has 0 amide bonds. The van der Waals surface area contributed by atoms with Gasteiger partial charge in [-0.3, -0.25) is 4.98 Å². The zero-order valence-corrected chi connectivity index (χ0v) is 12.0. The van der Waals surface area contributed by atoms with Crippen LogP contribution in [-0.4, -0.2) is 15.2 Å². The van der Waals surface area contributed by atoms with Crippen molar-refractivity contribution in [1.29, 1.82) is 0 Å². The lowest BCUT2D eigenvalue weighted by Gasteiger charge is -2.20. The van der Waals surface area contributed by atoms with Crippen molar-refractivity contribution in [2.24, 2.45) is 5.92 Å². The number of hydrogen-bond acceptors (Lipinski definition) is 3. The van der Waals surface area contributed by atoms with Gasteiger partial charge in [-0.1, -0.05) is 13.8 Å². The minimum Gasteiger partial charge on any atom is -0.508 e. The van der Waals surface area contributed by atoms with Crippen LogP contribution in [-0.2, 0) is 6.42 Å². The van der Waals surface area contributed by atoms with Crippen LogP contribution in [0.3, 0.4) is 0 Å². The zero-order chi connectivity index (χ0) is 14.5. The molecular formula is C17H21NO2. The van der Waals surface area contributed by atoms with Gasteiger partial charge >= 0.3 is 0 Å². The fourth-order valence-corrected chi connectivity index (χ4v) is 2.40. The van der Waals surface area contributed by atoms with Gasteiger partial charge in [0.2, 0.25) is 0 Å². The molecule has 0 radical (unpaired) electrons. The van der Waals surface area contributed by atoms with E-state index in [-0.39, 0.29) is 17.4 Å². The molecule has 106 valence electrons. The maximum Gasteiger partial charge on any atom is 0.119 e. The third kappa shape index (κ3) is 3.73. The van der Waals surface area contributed by atoms with Crippen molar-refractivity contribution in [3.63, 3.8) is 0 Å². The van der Waals surface area contributed by atoms with Crippen molar-refractivity contribution in [2.75, 3.05) is 0 Å². The van der Waals surface area contributed by atoms with E-state index in [0.29, 0.717) is 5.92 Å². The Morgan fingerprint density at radius 2 is 1.60 bits per heavy atom. The Bertz CT molecular complexity index is 534. The van der Waals surface area contributed by atoms with E-state index < -0.39 is 0 Å². The highest BCUT2D eigenvalue weighted by molar-refractivity contribution is 5.38. The van der Waals surface area contributed by atoms with Gasteiger partial charge in [-0.05, 0) is 60.1 Å². The Morgan fingerprint density at radius 3 is 2.20 bits per heavy atom. The molecule has 3 nitrogen and oxygen atoms in total. The fourth-order valence-electron chi connectivity index (χ4n) is 2.40. The van der Waals surface area contributed by atoms with E-state index in [2.05, 4.69) is 18.8 Å². The number of rotatable bonds is 5. The summed E-state index contributed by atoms with van der Waals surface area (Å²) in [5.74, 6) is 0.987. The minimum absolute atomic E-state index is 0.119. The molecule has 2 aromatic rings. The van der Waals surface area contributed by atoms with Gasteiger partial charge in [-0.15, -0.1) is 0 Å². The molecule has 20 heavy (non-hydrogen) atoms. The molecular weight excluding hydrogens is 250 g/mol. The predicted octanol–water partition coefficient (Wildman–Crippen LogP) is 3.87. The Kier molecular flexibility index (Phi) is 4.61. The van der Waals surface area contributed by atoms with Crippen molar-refractivity contribution in [1.82, 2.24) is 4.98 Å². The van der Waals surface area contributed by atoms with Crippen LogP contribution < -0.4 is 0 Å². The van der Waals surface area contributed by atoms with Crippen molar-refractivity contribution in [2.45, 2.75) is 32.6 Å². The molecule has 1 aromatic carbocycles. The summed E-state index contributed by atoms with van der Waals surface area (Å²) in [7, 11) is 0. The van der Waals surface area contributed by atoms with E-state index in [1.807, 2.05) is 24.5 Å². The Labute approximate surface area is 119 Å². The number of phenolic OH excluding ortho intramolecular Hbond substituents is 2. The zero-order valence-electron chi connectivity index (χ0n) is 12.0. The number of phenols is 2. The van der Waals surface area contributed by atoms with E-state index in [1.165, 1.54) is 11.6 Å². The minimum atomic E-state index is 0.119. The molecule has 0 fully saturated rings. The highest BCUT2D eigenvalue weighted by atomic mass is 16.3. The first-order chi connectivity index (χ1) is 9.56. The van der Waals surface area contributed by atoms with Crippen LogP contribution in [0.15, 0.2) is 42.7 Å². The van der Waals surface area contributed by atoms with Gasteiger partial charge in [0.25, 0.3) is 0 Å². The number of benzene rings is 1. The van der Waals surface area contributed by atoms with Gasteiger partial charge in [0.05, 0.1) is 0 Å². The molecule has 0 bridgehead atoms. The number of nitrogens with zero attached hydrogens (tertiary/aromatic N) is 1. The van der Waals surface area contributed by atoms with E-state index in [1.54, 1.807) is 12.1 Å². The smallest absolute Gasteiger partial charge is 0.119 e. The van der Waals surface area contributed by atoms with Gasteiger partial charge in [0, 0.05) is 18.5 Å². The van der Waals surface area contributed by atoms with Gasteiger partial charge in [-0.2, -0.15) is 0 Å². The fraction of sp³-hybridized carbons (Fsp3) is 0.353. The van der Waals surface area contributed by atoms with Crippen LogP contribution in [0.5, 0.6) is 11.5 Å². The second kappa shape index (κ2) is 6.42. The maximum absolute atomic E-state index is 9.57. The molecule has 0 aliphatic rings. The van der Waals surface area contributed by atoms with Gasteiger partial charge < -0.3 is 10.2 Å². The monoisotopic (exact) mass is 271 g/mol. The van der Waals surface area contributed by atoms with Crippen LogP contribution in [0.25, 0.3) is 0 Å². The molecule has 0 saturated carbocycles. The third-order valence-electron chi connectivity index (χ3n) is 3.94. The number of pyridine rings is 1. The number of aryl methyl sites for hydroxylation is 1. The Hall–Kier alpha value is -2.03. The molecule has 1 heterocycles. The first-order valence-electron chi connectivity index (χ1n) is 6.98. The van der Waals surface area contributed by atoms with Crippen molar-refractivity contribution >= 4 is 0 Å². The van der Waals surface area contributed by atoms with E-state index >= 15 is 0 Å². The van der Waals surface area contributed by atoms with Gasteiger partial charge in [0.1, 0.15) is 11.5 Å². The quantitative estimate of drug-likeness (QED) is 0.868. The van der Waals surface area contributed by atoms with Crippen LogP contribution in [0, 0.1) is 5.92 Å². The van der Waals surface area contributed by atoms with E-state index in [0.717, 1.165) is 18.4 Å². The molecule has 0 aliphatic carbocycles. The highest BCUT2D eigenvalue weighted by Crippen LogP contribution is 2.32. The first-order valence-corrected chi connectivity index (χ1v) is 6.98. The topological polar surface area (TPSA) is 53.4 Å². The number of aromatic nitrogens is 1. The predicted molar refractivity (Wildman–Crippen MR) is 79.9 cm³/mol. The van der Waals surface area contributed by atoms with Crippen molar-refractivity contribution < 1.29 is 10.2 Å². The second-order valence-electron chi connectivity index (χ2n) is 5.44. The van der Waals surface area contributed by atoms with E-state index in [9.17, 15) is 10.2 Å². The van der Waals surface area contributed by atoms with Crippen LogP contribution in [0.4, 0.5) is 0 Å². The molecule has 3 heteroatoms. The Balaban J connectivity index is 1.99. The molecule has 2 atom stereocenters. The van der Waals surface area contributed by atoms with Crippen LogP contribution >= 0.6 is 0 Å². The number of aromatic hydroxyl groups is 2. The molecule has 2 N–H and O–H groups in total. The molecule has 0 saturated heterocycles. The van der Waals surface area contributed by atoms with Crippen LogP contribution in [0.1, 0.15) is 37.3 Å². The lowest BCUT2D eigenvalue weighted by atomic mass is 9.85. The summed E-state index contributed by atoms with van der Waals surface area (Å²) in [5.41, 5.74) is 2.27. The van der Waals surface area contributed by atoms with Gasteiger partial charge in [0.15, 0.2) is 0 Å². The lowest BCUT2D eigenvalue weighted by Crippen LogP contribution is -2.07. The molecule has 1 aromatic heterocycles. The van der Waals surface area contributed by atoms with Crippen molar-refractivity contribution in [3.05, 3.63) is 53.9 Å². The Morgan fingerprint density at radius 1 is 1.00 bits per heavy atom. The van der Waals surface area contributed by atoms with Crippen LogP contribution in [0.2, 0.25) is 0 Å². The largest absolute Gasteiger partial charge is 0.508 e. The van der Waals surface area contributed by atoms with Gasteiger partial charge in [-0.25, -0.2) is 0 Å². The summed E-state index contributed by atoms with van der Waals surface area (Å²) < 4.78 is 0. The third-order valence-corrected chi connectivity index (χ3v) is 3.94. The first kappa shape index (κ1) is 14.4. The standard InChI is InChI=1S/C17H21NO2/c1-12(3-4-14-5-7-18-8-6-14)13(2)15-9-16(19)11-17(20)10-15/h5-13,19-20H,3-4H2,1-2H3/t12-,13-/m0/s1. The summed E-state index contributed by atoms with van der Waals surface area (Å²) in [6, 6.07) is 8.90. The number of hydrogen-bond donors (Lipinski definition) is 2. The summed E-state index contributed by atoms with van der Waals surface area (Å²) in [5, 5.41) is 19.1. The maximum atomic E-state index is 9.57. The molecule has 0 unspecified atom stereocenters. The lowest BCUT2D eigenvalue weighted by molar-refractivity contribution is 0.432. The summed E-state index contributed by atoms with van der Waals surface area (Å²) >= 11 is 0. The summed E-state index contributed by atoms with van der Waals surface area (Å²) in [6.45, 7) is 4.33.